The van der Waals surface area contributed by atoms with Crippen molar-refractivity contribution >= 4 is 15.7 Å². The van der Waals surface area contributed by atoms with Crippen LogP contribution in [0.5, 0.6) is 0 Å². The topological polar surface area (TPSA) is 63.4 Å². The Labute approximate surface area is 96.1 Å². The Morgan fingerprint density at radius 2 is 1.81 bits per heavy atom. The molecule has 1 aromatic carbocycles. The average Bonchev–Trinajstić information content (AvgIpc) is 2.29. The largest absolute Gasteiger partial charge is 0.372 e. The molecule has 1 heterocycles. The molecule has 1 fully saturated rings. The maximum atomic E-state index is 11.2. The fraction of sp³-hybridized carbons (Fsp3) is 0.455. The van der Waals surface area contributed by atoms with Crippen LogP contribution < -0.4 is 10.0 Å². The van der Waals surface area contributed by atoms with Crippen LogP contribution >= 0.6 is 0 Å². The Bertz CT molecular complexity index is 465. The predicted molar refractivity (Wildman–Crippen MR) is 63.9 cm³/mol. The number of rotatable bonds is 2. The number of piperidine rings is 1. The van der Waals surface area contributed by atoms with E-state index in [1.165, 1.54) is 25.3 Å². The van der Waals surface area contributed by atoms with Crippen LogP contribution in [0.1, 0.15) is 19.3 Å². The molecule has 0 bridgehead atoms. The molecule has 0 amide bonds. The first-order valence-corrected chi connectivity index (χ1v) is 7.00. The second kappa shape index (κ2) is 4.43. The molecule has 5 heteroatoms. The zero-order valence-corrected chi connectivity index (χ0v) is 9.91. The molecule has 4 nitrogen and oxygen atoms in total. The maximum Gasteiger partial charge on any atom is 0.238 e. The van der Waals surface area contributed by atoms with Gasteiger partial charge in [0.25, 0.3) is 0 Å². The monoisotopic (exact) mass is 240 g/mol. The molecule has 0 unspecified atom stereocenters. The van der Waals surface area contributed by atoms with Gasteiger partial charge in [0.2, 0.25) is 10.0 Å². The molecule has 1 aliphatic rings. The van der Waals surface area contributed by atoms with Crippen LogP contribution in [0.3, 0.4) is 0 Å². The van der Waals surface area contributed by atoms with Crippen LogP contribution in [0, 0.1) is 0 Å². The predicted octanol–water partition coefficient (Wildman–Crippen LogP) is 1.32. The molecule has 1 aliphatic heterocycles. The van der Waals surface area contributed by atoms with Crippen molar-refractivity contribution in [3.8, 4) is 0 Å². The van der Waals surface area contributed by atoms with Gasteiger partial charge in [-0.3, -0.25) is 0 Å². The molecule has 0 aromatic heterocycles. The highest BCUT2D eigenvalue weighted by Gasteiger charge is 2.13. The van der Waals surface area contributed by atoms with Gasteiger partial charge in [0.05, 0.1) is 4.90 Å². The Morgan fingerprint density at radius 1 is 1.12 bits per heavy atom. The Hall–Kier alpha value is -1.07. The third-order valence-electron chi connectivity index (χ3n) is 2.87. The van der Waals surface area contributed by atoms with E-state index in [1.807, 2.05) is 6.07 Å². The minimum atomic E-state index is -3.59. The molecule has 2 rings (SSSR count). The van der Waals surface area contributed by atoms with Crippen LogP contribution in [-0.4, -0.2) is 21.5 Å². The second-order valence-electron chi connectivity index (χ2n) is 4.09. The van der Waals surface area contributed by atoms with E-state index in [0.717, 1.165) is 18.8 Å². The summed E-state index contributed by atoms with van der Waals surface area (Å²) in [4.78, 5) is 2.40. The molecule has 0 saturated carbocycles. The van der Waals surface area contributed by atoms with Crippen molar-refractivity contribution in [1.82, 2.24) is 0 Å². The molecule has 0 atom stereocenters. The molecule has 0 aliphatic carbocycles. The molecule has 1 saturated heterocycles. The standard InChI is InChI=1S/C11H16N2O2S/c12-16(14,15)11-6-4-5-10(9-11)13-7-2-1-3-8-13/h4-6,9H,1-3,7-8H2,(H2,12,14,15). The summed E-state index contributed by atoms with van der Waals surface area (Å²) in [5.74, 6) is 0. The molecule has 0 spiro atoms. The SMILES string of the molecule is NS(=O)(=O)c1cccc(N2CCCCC2)c1. The normalized spacial score (nSPS) is 17.4. The maximum absolute atomic E-state index is 11.2. The van der Waals surface area contributed by atoms with Gasteiger partial charge in [0.15, 0.2) is 0 Å². The van der Waals surface area contributed by atoms with Crippen molar-refractivity contribution in [3.63, 3.8) is 0 Å². The van der Waals surface area contributed by atoms with E-state index in [1.54, 1.807) is 12.1 Å². The quantitative estimate of drug-likeness (QED) is 0.848. The highest BCUT2D eigenvalue weighted by molar-refractivity contribution is 7.89. The highest BCUT2D eigenvalue weighted by atomic mass is 32.2. The van der Waals surface area contributed by atoms with E-state index in [-0.39, 0.29) is 4.90 Å². The van der Waals surface area contributed by atoms with Crippen molar-refractivity contribution in [3.05, 3.63) is 24.3 Å². The van der Waals surface area contributed by atoms with Crippen molar-refractivity contribution in [2.24, 2.45) is 5.14 Å². The van der Waals surface area contributed by atoms with Crippen molar-refractivity contribution < 1.29 is 8.42 Å². The van der Waals surface area contributed by atoms with Crippen LogP contribution in [-0.2, 0) is 10.0 Å². The van der Waals surface area contributed by atoms with Gasteiger partial charge in [-0.1, -0.05) is 6.07 Å². The van der Waals surface area contributed by atoms with Gasteiger partial charge in [-0.15, -0.1) is 0 Å². The number of nitrogens with zero attached hydrogens (tertiary/aromatic N) is 1. The lowest BCUT2D eigenvalue weighted by atomic mass is 10.1. The smallest absolute Gasteiger partial charge is 0.238 e. The van der Waals surface area contributed by atoms with E-state index >= 15 is 0 Å². The lowest BCUT2D eigenvalue weighted by Gasteiger charge is -2.28. The van der Waals surface area contributed by atoms with Crippen LogP contribution in [0.25, 0.3) is 0 Å². The summed E-state index contributed by atoms with van der Waals surface area (Å²) in [5.41, 5.74) is 0.950. The van der Waals surface area contributed by atoms with Crippen molar-refractivity contribution in [1.29, 1.82) is 0 Å². The number of primary sulfonamides is 1. The first kappa shape index (κ1) is 11.4. The molecule has 1 aromatic rings. The van der Waals surface area contributed by atoms with Crippen LogP contribution in [0.4, 0.5) is 5.69 Å². The number of anilines is 1. The van der Waals surface area contributed by atoms with Gasteiger partial charge in [-0.2, -0.15) is 0 Å². The van der Waals surface area contributed by atoms with Crippen molar-refractivity contribution in [2.45, 2.75) is 24.2 Å². The summed E-state index contributed by atoms with van der Waals surface area (Å²) in [5, 5.41) is 5.11. The first-order valence-electron chi connectivity index (χ1n) is 5.45. The van der Waals surface area contributed by atoms with Gasteiger partial charge in [-0.05, 0) is 37.5 Å². The lowest BCUT2D eigenvalue weighted by molar-refractivity contribution is 0.577. The van der Waals surface area contributed by atoms with E-state index in [9.17, 15) is 8.42 Å². The summed E-state index contributed by atoms with van der Waals surface area (Å²) >= 11 is 0. The van der Waals surface area contributed by atoms with E-state index in [4.69, 9.17) is 5.14 Å². The molecular formula is C11H16N2O2S. The van der Waals surface area contributed by atoms with Gasteiger partial charge < -0.3 is 4.90 Å². The number of hydrogen-bond acceptors (Lipinski definition) is 3. The molecule has 2 N–H and O–H groups in total. The van der Waals surface area contributed by atoms with E-state index in [0.29, 0.717) is 0 Å². The second-order valence-corrected chi connectivity index (χ2v) is 5.65. The molecule has 16 heavy (non-hydrogen) atoms. The van der Waals surface area contributed by atoms with E-state index in [2.05, 4.69) is 4.90 Å². The lowest BCUT2D eigenvalue weighted by Crippen LogP contribution is -2.29. The Morgan fingerprint density at radius 3 is 2.44 bits per heavy atom. The third-order valence-corrected chi connectivity index (χ3v) is 3.78. The molecule has 0 radical (unpaired) electrons. The van der Waals surface area contributed by atoms with Crippen LogP contribution in [0.2, 0.25) is 0 Å². The Balaban J connectivity index is 2.28. The van der Waals surface area contributed by atoms with Gasteiger partial charge in [0.1, 0.15) is 0 Å². The van der Waals surface area contributed by atoms with Crippen LogP contribution in [0.15, 0.2) is 29.2 Å². The summed E-state index contributed by atoms with van der Waals surface area (Å²) < 4.78 is 22.5. The van der Waals surface area contributed by atoms with Gasteiger partial charge in [-0.25, -0.2) is 13.6 Å². The van der Waals surface area contributed by atoms with Crippen molar-refractivity contribution in [2.75, 3.05) is 18.0 Å². The number of sulfonamides is 1. The highest BCUT2D eigenvalue weighted by Crippen LogP contribution is 2.22. The Kier molecular flexibility index (Phi) is 3.16. The van der Waals surface area contributed by atoms with Gasteiger partial charge in [0, 0.05) is 18.8 Å². The number of hydrogen-bond donors (Lipinski definition) is 1. The summed E-state index contributed by atoms with van der Waals surface area (Å²) in [6.07, 6.45) is 3.59. The fourth-order valence-electron chi connectivity index (χ4n) is 2.01. The van der Waals surface area contributed by atoms with E-state index < -0.39 is 10.0 Å². The number of benzene rings is 1. The average molecular weight is 240 g/mol. The summed E-state index contributed by atoms with van der Waals surface area (Å²) in [7, 11) is -3.59. The van der Waals surface area contributed by atoms with Gasteiger partial charge >= 0.3 is 0 Å². The zero-order chi connectivity index (χ0) is 11.6. The zero-order valence-electron chi connectivity index (χ0n) is 9.09. The fourth-order valence-corrected chi connectivity index (χ4v) is 2.56. The molecule has 88 valence electrons. The molecular weight excluding hydrogens is 224 g/mol. The minimum Gasteiger partial charge on any atom is -0.372 e. The number of nitrogens with two attached hydrogens (primary N) is 1. The third kappa shape index (κ3) is 2.54. The minimum absolute atomic E-state index is 0.190. The summed E-state index contributed by atoms with van der Waals surface area (Å²) in [6.45, 7) is 1.99. The summed E-state index contributed by atoms with van der Waals surface area (Å²) in [6, 6.07) is 6.85. The first-order chi connectivity index (χ1) is 7.57.